The van der Waals surface area contributed by atoms with E-state index in [4.69, 9.17) is 23.7 Å². The zero-order chi connectivity index (χ0) is 24.8. The summed E-state index contributed by atoms with van der Waals surface area (Å²) in [7, 11) is 8.31. The van der Waals surface area contributed by atoms with Gasteiger partial charge in [-0.05, 0) is 65.8 Å². The number of hydrogen-bond acceptors (Lipinski definition) is 6. The molecule has 0 N–H and O–H groups in total. The van der Waals surface area contributed by atoms with E-state index in [0.29, 0.717) is 17.2 Å². The van der Waals surface area contributed by atoms with E-state index in [1.807, 2.05) is 12.1 Å². The van der Waals surface area contributed by atoms with Crippen LogP contribution in [-0.2, 0) is 19.3 Å². The summed E-state index contributed by atoms with van der Waals surface area (Å²) >= 11 is 0. The smallest absolute Gasteiger partial charge is 0.203 e. The van der Waals surface area contributed by atoms with Crippen LogP contribution < -0.4 is 23.7 Å². The highest BCUT2D eigenvalue weighted by Gasteiger charge is 2.30. The van der Waals surface area contributed by atoms with Gasteiger partial charge in [0.1, 0.15) is 0 Å². The number of ether oxygens (including phenoxy) is 5. The molecule has 186 valence electrons. The molecule has 0 fully saturated rings. The molecule has 0 aromatic heterocycles. The summed E-state index contributed by atoms with van der Waals surface area (Å²) in [6, 6.07) is 19.2. The summed E-state index contributed by atoms with van der Waals surface area (Å²) in [6.07, 6.45) is 2.76. The highest BCUT2D eigenvalue weighted by atomic mass is 16.5. The molecule has 0 unspecified atom stereocenters. The van der Waals surface area contributed by atoms with E-state index < -0.39 is 0 Å². The number of rotatable bonds is 10. The Kier molecular flexibility index (Phi) is 8.03. The predicted octanol–water partition coefficient (Wildman–Crippen LogP) is 5.11. The molecular formula is C29H35NO5. The Morgan fingerprint density at radius 3 is 1.94 bits per heavy atom. The molecule has 4 rings (SSSR count). The van der Waals surface area contributed by atoms with E-state index in [2.05, 4.69) is 47.4 Å². The first kappa shape index (κ1) is 24.7. The van der Waals surface area contributed by atoms with Gasteiger partial charge in [-0.1, -0.05) is 30.3 Å². The Bertz CT molecular complexity index is 1110. The highest BCUT2D eigenvalue weighted by Crippen LogP contribution is 2.42. The van der Waals surface area contributed by atoms with Crippen molar-refractivity contribution in [2.45, 2.75) is 25.3 Å². The highest BCUT2D eigenvalue weighted by molar-refractivity contribution is 5.55. The number of methoxy groups -OCH3 is 5. The third kappa shape index (κ3) is 5.33. The first-order chi connectivity index (χ1) is 17.1. The molecule has 0 saturated carbocycles. The summed E-state index contributed by atoms with van der Waals surface area (Å²) in [5, 5.41) is 0. The third-order valence-electron chi connectivity index (χ3n) is 6.80. The minimum atomic E-state index is 0.171. The van der Waals surface area contributed by atoms with Crippen molar-refractivity contribution in [1.82, 2.24) is 4.90 Å². The standard InChI is InChI=1S/C29H35NO5/c1-31-25-18-22-12-14-30(13-11-20-9-7-6-8-10-20)24(23(22)19-26(25)32-2)15-21-16-27(33-3)29(35-5)28(17-21)34-4/h6-10,16-19,24H,11-15H2,1-5H3/t24-/m1/s1. The molecule has 0 bridgehead atoms. The van der Waals surface area contributed by atoms with Crippen molar-refractivity contribution in [3.05, 3.63) is 76.9 Å². The minimum Gasteiger partial charge on any atom is -0.493 e. The van der Waals surface area contributed by atoms with Gasteiger partial charge in [0.05, 0.1) is 35.5 Å². The third-order valence-corrected chi connectivity index (χ3v) is 6.80. The van der Waals surface area contributed by atoms with Crippen molar-refractivity contribution in [2.75, 3.05) is 48.6 Å². The number of fused-ring (bicyclic) bond motifs is 1. The van der Waals surface area contributed by atoms with Crippen LogP contribution in [0.5, 0.6) is 28.7 Å². The summed E-state index contributed by atoms with van der Waals surface area (Å²) < 4.78 is 28.0. The van der Waals surface area contributed by atoms with Crippen molar-refractivity contribution in [2.24, 2.45) is 0 Å². The van der Waals surface area contributed by atoms with Crippen LogP contribution in [-0.4, -0.2) is 53.5 Å². The van der Waals surface area contributed by atoms with Gasteiger partial charge in [-0.15, -0.1) is 0 Å². The van der Waals surface area contributed by atoms with Crippen molar-refractivity contribution >= 4 is 0 Å². The van der Waals surface area contributed by atoms with Gasteiger partial charge in [0, 0.05) is 19.1 Å². The molecule has 1 aliphatic heterocycles. The van der Waals surface area contributed by atoms with Gasteiger partial charge in [0.2, 0.25) is 5.75 Å². The normalized spacial score (nSPS) is 15.3. The molecule has 35 heavy (non-hydrogen) atoms. The largest absolute Gasteiger partial charge is 0.493 e. The Labute approximate surface area is 208 Å². The van der Waals surface area contributed by atoms with Crippen molar-refractivity contribution in [1.29, 1.82) is 0 Å². The van der Waals surface area contributed by atoms with Crippen LogP contribution in [0.25, 0.3) is 0 Å². The van der Waals surface area contributed by atoms with E-state index in [1.165, 1.54) is 16.7 Å². The average Bonchev–Trinajstić information content (AvgIpc) is 2.91. The number of nitrogens with zero attached hydrogens (tertiary/aromatic N) is 1. The maximum absolute atomic E-state index is 5.67. The lowest BCUT2D eigenvalue weighted by Gasteiger charge is -2.38. The van der Waals surface area contributed by atoms with Crippen LogP contribution >= 0.6 is 0 Å². The van der Waals surface area contributed by atoms with Crippen molar-refractivity contribution in [3.63, 3.8) is 0 Å². The van der Waals surface area contributed by atoms with Gasteiger partial charge in [-0.2, -0.15) is 0 Å². The summed E-state index contributed by atoms with van der Waals surface area (Å²) in [5.74, 6) is 3.47. The van der Waals surface area contributed by atoms with Crippen LogP contribution in [0.2, 0.25) is 0 Å². The molecule has 0 amide bonds. The Morgan fingerprint density at radius 1 is 0.714 bits per heavy atom. The fraction of sp³-hybridized carbons (Fsp3) is 0.379. The molecule has 6 heteroatoms. The number of hydrogen-bond donors (Lipinski definition) is 0. The van der Waals surface area contributed by atoms with Gasteiger partial charge in [-0.25, -0.2) is 0 Å². The number of benzene rings is 3. The topological polar surface area (TPSA) is 49.4 Å². The van der Waals surface area contributed by atoms with Gasteiger partial charge in [0.15, 0.2) is 23.0 Å². The maximum atomic E-state index is 5.67. The second kappa shape index (κ2) is 11.4. The maximum Gasteiger partial charge on any atom is 0.203 e. The Balaban J connectivity index is 1.72. The molecule has 1 heterocycles. The second-order valence-corrected chi connectivity index (χ2v) is 8.68. The Morgan fingerprint density at radius 2 is 1.34 bits per heavy atom. The van der Waals surface area contributed by atoms with Crippen LogP contribution in [0.15, 0.2) is 54.6 Å². The first-order valence-electron chi connectivity index (χ1n) is 11.9. The van der Waals surface area contributed by atoms with Crippen LogP contribution in [0.4, 0.5) is 0 Å². The zero-order valence-electron chi connectivity index (χ0n) is 21.3. The van der Waals surface area contributed by atoms with Crippen LogP contribution in [0.1, 0.15) is 28.3 Å². The van der Waals surface area contributed by atoms with Crippen molar-refractivity contribution in [3.8, 4) is 28.7 Å². The molecule has 0 aliphatic carbocycles. The minimum absolute atomic E-state index is 0.171. The summed E-state index contributed by atoms with van der Waals surface area (Å²) in [6.45, 7) is 1.94. The van der Waals surface area contributed by atoms with E-state index in [9.17, 15) is 0 Å². The van der Waals surface area contributed by atoms with Gasteiger partial charge in [0.25, 0.3) is 0 Å². The fourth-order valence-corrected chi connectivity index (χ4v) is 4.98. The molecular weight excluding hydrogens is 442 g/mol. The monoisotopic (exact) mass is 477 g/mol. The van der Waals surface area contributed by atoms with Gasteiger partial charge in [-0.3, -0.25) is 4.90 Å². The lowest BCUT2D eigenvalue weighted by molar-refractivity contribution is 0.184. The zero-order valence-corrected chi connectivity index (χ0v) is 21.3. The van der Waals surface area contributed by atoms with Crippen LogP contribution in [0.3, 0.4) is 0 Å². The SMILES string of the molecule is COc1cc2c(cc1OC)[C@@H](Cc1cc(OC)c(OC)c(OC)c1)N(CCc1ccccc1)CC2. The molecule has 6 nitrogen and oxygen atoms in total. The molecule has 0 radical (unpaired) electrons. The summed E-state index contributed by atoms with van der Waals surface area (Å²) in [5.41, 5.74) is 5.04. The molecule has 0 spiro atoms. The van der Waals surface area contributed by atoms with E-state index >= 15 is 0 Å². The van der Waals surface area contributed by atoms with Gasteiger partial charge >= 0.3 is 0 Å². The summed E-state index contributed by atoms with van der Waals surface area (Å²) in [4.78, 5) is 2.57. The van der Waals surface area contributed by atoms with E-state index in [-0.39, 0.29) is 6.04 Å². The van der Waals surface area contributed by atoms with Gasteiger partial charge < -0.3 is 23.7 Å². The molecule has 0 saturated heterocycles. The molecule has 3 aromatic rings. The lowest BCUT2D eigenvalue weighted by Crippen LogP contribution is -2.38. The van der Waals surface area contributed by atoms with E-state index in [1.54, 1.807) is 35.5 Å². The average molecular weight is 478 g/mol. The first-order valence-corrected chi connectivity index (χ1v) is 11.9. The molecule has 1 atom stereocenters. The van der Waals surface area contributed by atoms with Crippen molar-refractivity contribution < 1.29 is 23.7 Å². The van der Waals surface area contributed by atoms with Crippen LogP contribution in [0, 0.1) is 0 Å². The predicted molar refractivity (Wildman–Crippen MR) is 138 cm³/mol. The fourth-order valence-electron chi connectivity index (χ4n) is 4.98. The molecule has 1 aliphatic rings. The quantitative estimate of drug-likeness (QED) is 0.404. The molecule has 3 aromatic carbocycles. The Hall–Kier alpha value is -3.38. The van der Waals surface area contributed by atoms with E-state index in [0.717, 1.165) is 49.4 Å². The lowest BCUT2D eigenvalue weighted by atomic mass is 9.87. The second-order valence-electron chi connectivity index (χ2n) is 8.68.